The van der Waals surface area contributed by atoms with Gasteiger partial charge in [-0.1, -0.05) is 0 Å². The summed E-state index contributed by atoms with van der Waals surface area (Å²) in [6.45, 7) is 1.97. The van der Waals surface area contributed by atoms with Crippen LogP contribution in [0.2, 0.25) is 0 Å². The summed E-state index contributed by atoms with van der Waals surface area (Å²) in [4.78, 5) is 14.7. The van der Waals surface area contributed by atoms with E-state index >= 15 is 0 Å². The summed E-state index contributed by atoms with van der Waals surface area (Å²) in [5, 5.41) is 9.05. The van der Waals surface area contributed by atoms with Gasteiger partial charge in [0.1, 0.15) is 6.04 Å². The van der Waals surface area contributed by atoms with E-state index in [1.165, 1.54) is 11.3 Å². The molecular weight excluding hydrogens is 266 g/mol. The fourth-order valence-corrected chi connectivity index (χ4v) is 2.96. The Morgan fingerprint density at radius 1 is 1.64 bits per heavy atom. The molecule has 1 atom stereocenters. The van der Waals surface area contributed by atoms with Crippen LogP contribution in [0.3, 0.4) is 0 Å². The van der Waals surface area contributed by atoms with Gasteiger partial charge < -0.3 is 5.11 Å². The molecule has 14 heavy (non-hydrogen) atoms. The number of rotatable bonds is 3. The maximum atomic E-state index is 11.0. The van der Waals surface area contributed by atoms with Crippen molar-refractivity contribution >= 4 is 33.2 Å². The van der Waals surface area contributed by atoms with Crippen LogP contribution < -0.4 is 0 Å². The number of thiophene rings is 1. The average molecular weight is 278 g/mol. The van der Waals surface area contributed by atoms with E-state index in [1.54, 1.807) is 19.0 Å². The Balaban J connectivity index is 3.05. The number of carboxylic acids is 1. The highest BCUT2D eigenvalue weighted by molar-refractivity contribution is 9.10. The molecule has 0 saturated carbocycles. The van der Waals surface area contributed by atoms with Crippen LogP contribution in [0.5, 0.6) is 0 Å². The maximum absolute atomic E-state index is 11.0. The zero-order valence-electron chi connectivity index (χ0n) is 8.24. The largest absolute Gasteiger partial charge is 0.480 e. The van der Waals surface area contributed by atoms with E-state index in [1.807, 2.05) is 13.0 Å². The van der Waals surface area contributed by atoms with E-state index < -0.39 is 12.0 Å². The average Bonchev–Trinajstić information content (AvgIpc) is 2.29. The molecule has 1 N–H and O–H groups in total. The molecule has 1 aromatic rings. The normalized spacial score (nSPS) is 13.2. The number of hydrogen-bond acceptors (Lipinski definition) is 3. The molecule has 0 spiro atoms. The lowest BCUT2D eigenvalue weighted by Crippen LogP contribution is -2.26. The highest BCUT2D eigenvalue weighted by atomic mass is 79.9. The highest BCUT2D eigenvalue weighted by Gasteiger charge is 2.24. The molecular formula is C9H12BrNO2S. The summed E-state index contributed by atoms with van der Waals surface area (Å²) < 4.78 is 0.977. The predicted octanol–water partition coefficient (Wildman–Crippen LogP) is 2.51. The Morgan fingerprint density at radius 3 is 2.50 bits per heavy atom. The lowest BCUT2D eigenvalue weighted by atomic mass is 10.2. The van der Waals surface area contributed by atoms with Crippen LogP contribution in [0.1, 0.15) is 15.8 Å². The van der Waals surface area contributed by atoms with Gasteiger partial charge in [-0.25, -0.2) is 0 Å². The summed E-state index contributed by atoms with van der Waals surface area (Å²) >= 11 is 4.89. The molecule has 0 aromatic carbocycles. The van der Waals surface area contributed by atoms with Crippen molar-refractivity contribution in [2.24, 2.45) is 0 Å². The molecule has 1 heterocycles. The second-order valence-corrected chi connectivity index (χ2v) is 5.40. The molecule has 0 amide bonds. The Labute approximate surface area is 95.5 Å². The molecule has 3 nitrogen and oxygen atoms in total. The smallest absolute Gasteiger partial charge is 0.326 e. The van der Waals surface area contributed by atoms with Crippen LogP contribution in [0.25, 0.3) is 0 Å². The van der Waals surface area contributed by atoms with Crippen molar-refractivity contribution < 1.29 is 9.90 Å². The van der Waals surface area contributed by atoms with Crippen molar-refractivity contribution in [3.05, 3.63) is 20.3 Å². The molecule has 1 unspecified atom stereocenters. The van der Waals surface area contributed by atoms with Gasteiger partial charge in [-0.05, 0) is 43.0 Å². The highest BCUT2D eigenvalue weighted by Crippen LogP contribution is 2.32. The molecule has 0 aliphatic heterocycles. The van der Waals surface area contributed by atoms with Gasteiger partial charge in [0.2, 0.25) is 0 Å². The van der Waals surface area contributed by atoms with E-state index in [0.717, 1.165) is 14.2 Å². The van der Waals surface area contributed by atoms with Gasteiger partial charge in [-0.15, -0.1) is 11.3 Å². The zero-order chi connectivity index (χ0) is 10.9. The van der Waals surface area contributed by atoms with Crippen LogP contribution in [0.4, 0.5) is 0 Å². The first-order chi connectivity index (χ1) is 6.43. The van der Waals surface area contributed by atoms with Crippen molar-refractivity contribution in [2.45, 2.75) is 13.0 Å². The minimum Gasteiger partial charge on any atom is -0.480 e. The second kappa shape index (κ2) is 4.42. The number of aliphatic carboxylic acids is 1. The lowest BCUT2D eigenvalue weighted by Gasteiger charge is -2.18. The number of nitrogens with zero attached hydrogens (tertiary/aromatic N) is 1. The van der Waals surface area contributed by atoms with E-state index in [4.69, 9.17) is 5.11 Å². The first-order valence-electron chi connectivity index (χ1n) is 4.08. The van der Waals surface area contributed by atoms with Gasteiger partial charge in [0, 0.05) is 14.2 Å². The van der Waals surface area contributed by atoms with Gasteiger partial charge in [0.25, 0.3) is 0 Å². The molecule has 0 fully saturated rings. The van der Waals surface area contributed by atoms with Gasteiger partial charge in [0.05, 0.1) is 0 Å². The SMILES string of the molecule is Cc1sc(C(C(=O)O)N(C)C)cc1Br. The molecule has 1 aromatic heterocycles. The van der Waals surface area contributed by atoms with Crippen molar-refractivity contribution in [2.75, 3.05) is 14.1 Å². The van der Waals surface area contributed by atoms with Gasteiger partial charge in [-0.2, -0.15) is 0 Å². The summed E-state index contributed by atoms with van der Waals surface area (Å²) in [6, 6.07) is 1.32. The Kier molecular flexibility index (Phi) is 3.69. The Morgan fingerprint density at radius 2 is 2.21 bits per heavy atom. The van der Waals surface area contributed by atoms with E-state index in [2.05, 4.69) is 15.9 Å². The van der Waals surface area contributed by atoms with E-state index in [-0.39, 0.29) is 0 Å². The van der Waals surface area contributed by atoms with Crippen LogP contribution in [0, 0.1) is 6.92 Å². The number of aryl methyl sites for hydroxylation is 1. The van der Waals surface area contributed by atoms with Crippen molar-refractivity contribution in [3.8, 4) is 0 Å². The van der Waals surface area contributed by atoms with Crippen molar-refractivity contribution in [3.63, 3.8) is 0 Å². The standard InChI is InChI=1S/C9H12BrNO2S/c1-5-6(10)4-7(14-5)8(9(12)13)11(2)3/h4,8H,1-3H3,(H,12,13). The molecule has 0 radical (unpaired) electrons. The molecule has 0 aliphatic rings. The predicted molar refractivity (Wildman–Crippen MR) is 60.8 cm³/mol. The monoisotopic (exact) mass is 277 g/mol. The van der Waals surface area contributed by atoms with Crippen molar-refractivity contribution in [1.29, 1.82) is 0 Å². The van der Waals surface area contributed by atoms with Crippen LogP contribution in [-0.4, -0.2) is 30.1 Å². The summed E-state index contributed by atoms with van der Waals surface area (Å²) in [7, 11) is 3.53. The van der Waals surface area contributed by atoms with Crippen LogP contribution in [-0.2, 0) is 4.79 Å². The molecule has 0 bridgehead atoms. The fraction of sp³-hybridized carbons (Fsp3) is 0.444. The second-order valence-electron chi connectivity index (χ2n) is 3.26. The number of likely N-dealkylation sites (N-methyl/N-ethyl adjacent to an activating group) is 1. The van der Waals surface area contributed by atoms with Gasteiger partial charge in [0.15, 0.2) is 0 Å². The van der Waals surface area contributed by atoms with E-state index in [9.17, 15) is 4.79 Å². The number of halogens is 1. The lowest BCUT2D eigenvalue weighted by molar-refractivity contribution is -0.142. The van der Waals surface area contributed by atoms with E-state index in [0.29, 0.717) is 0 Å². The third-order valence-electron chi connectivity index (χ3n) is 1.90. The Bertz CT molecular complexity index is 329. The third kappa shape index (κ3) is 2.34. The minimum absolute atomic E-state index is 0.551. The summed E-state index contributed by atoms with van der Waals surface area (Å²) in [6.07, 6.45) is 0. The summed E-state index contributed by atoms with van der Waals surface area (Å²) in [5.41, 5.74) is 0. The third-order valence-corrected chi connectivity index (χ3v) is 4.09. The quantitative estimate of drug-likeness (QED) is 0.923. The minimum atomic E-state index is -0.816. The maximum Gasteiger partial charge on any atom is 0.326 e. The molecule has 0 aliphatic carbocycles. The van der Waals surface area contributed by atoms with Crippen LogP contribution >= 0.6 is 27.3 Å². The number of hydrogen-bond donors (Lipinski definition) is 1. The van der Waals surface area contributed by atoms with Gasteiger partial charge >= 0.3 is 5.97 Å². The van der Waals surface area contributed by atoms with Crippen molar-refractivity contribution in [1.82, 2.24) is 4.90 Å². The molecule has 0 saturated heterocycles. The Hall–Kier alpha value is -0.390. The summed E-state index contributed by atoms with van der Waals surface area (Å²) in [5.74, 6) is -0.816. The molecule has 78 valence electrons. The molecule has 1 rings (SSSR count). The number of carbonyl (C=O) groups is 1. The first kappa shape index (κ1) is 11.7. The fourth-order valence-electron chi connectivity index (χ4n) is 1.21. The first-order valence-corrected chi connectivity index (χ1v) is 5.69. The molecule has 5 heteroatoms. The van der Waals surface area contributed by atoms with Gasteiger partial charge in [-0.3, -0.25) is 9.69 Å². The number of carboxylic acid groups (broad SMARTS) is 1. The topological polar surface area (TPSA) is 40.5 Å². The zero-order valence-corrected chi connectivity index (χ0v) is 10.6. The van der Waals surface area contributed by atoms with Crippen LogP contribution in [0.15, 0.2) is 10.5 Å².